The van der Waals surface area contributed by atoms with Gasteiger partial charge in [0, 0.05) is 0 Å². The van der Waals surface area contributed by atoms with E-state index in [9.17, 15) is 0 Å². The summed E-state index contributed by atoms with van der Waals surface area (Å²) in [5.41, 5.74) is 1.22. The normalized spacial score (nSPS) is 5.17. The number of rotatable bonds is 0. The van der Waals surface area contributed by atoms with Crippen LogP contribution in [0.15, 0.2) is 12.1 Å². The van der Waals surface area contributed by atoms with E-state index in [1.54, 1.807) is 0 Å². The van der Waals surface area contributed by atoms with Crippen LogP contribution in [0.4, 0.5) is 0 Å². The molecule has 0 amide bonds. The van der Waals surface area contributed by atoms with E-state index >= 15 is 0 Å². The molecule has 0 saturated carbocycles. The molecule has 0 fully saturated rings. The lowest BCUT2D eigenvalue weighted by Gasteiger charge is -1.48. The van der Waals surface area contributed by atoms with E-state index in [-0.39, 0.29) is 0 Å². The van der Waals surface area contributed by atoms with E-state index in [4.69, 9.17) is 11.6 Å². The van der Waals surface area contributed by atoms with Gasteiger partial charge in [-0.1, -0.05) is 38.4 Å². The minimum Gasteiger partial charge on any atom is -0.0936 e. The Balaban J connectivity index is 0. The van der Waals surface area contributed by atoms with Gasteiger partial charge >= 0.3 is 0 Å². The van der Waals surface area contributed by atoms with Crippen LogP contribution in [0.25, 0.3) is 0 Å². The van der Waals surface area contributed by atoms with Crippen molar-refractivity contribution < 1.29 is 0 Å². The van der Waals surface area contributed by atoms with Crippen molar-refractivity contribution in [2.24, 2.45) is 0 Å². The molecule has 6 heavy (non-hydrogen) atoms. The van der Waals surface area contributed by atoms with Gasteiger partial charge in [-0.2, -0.15) is 0 Å². The van der Waals surface area contributed by atoms with Gasteiger partial charge in [-0.05, 0) is 5.54 Å². The van der Waals surface area contributed by atoms with Crippen LogP contribution in [-0.2, 0) is 0 Å². The van der Waals surface area contributed by atoms with Crippen LogP contribution >= 0.6 is 11.6 Å². The first-order valence-corrected chi connectivity index (χ1v) is 2.48. The molecule has 0 heterocycles. The summed E-state index contributed by atoms with van der Waals surface area (Å²) >= 11 is 4.76. The zero-order valence-corrected chi connectivity index (χ0v) is 5.13. The maximum absolute atomic E-state index is 4.76. The van der Waals surface area contributed by atoms with Crippen LogP contribution in [0, 0.1) is 0 Å². The standard InChI is InChI=1S/C3H8.C2H3Cl/c1-3-2;1-2-3/h3H2,1-2H3;2H,1H2. The zero-order valence-electron chi connectivity index (χ0n) is 4.37. The molecule has 0 aromatic heterocycles. The fourth-order valence-electron chi connectivity index (χ4n) is 0. The maximum atomic E-state index is 4.76. The first kappa shape index (κ1) is 9.39. The summed E-state index contributed by atoms with van der Waals surface area (Å²) < 4.78 is 0. The highest BCUT2D eigenvalue weighted by atomic mass is 35.5. The van der Waals surface area contributed by atoms with Crippen LogP contribution < -0.4 is 0 Å². The second-order valence-corrected chi connectivity index (χ2v) is 1.17. The van der Waals surface area contributed by atoms with Gasteiger partial charge in [-0.15, -0.1) is 0 Å². The Labute approximate surface area is 44.8 Å². The minimum atomic E-state index is 1.22. The highest BCUT2D eigenvalue weighted by Gasteiger charge is 1.35. The third-order valence-electron chi connectivity index (χ3n) is 0. The number of hydrogen-bond acceptors (Lipinski definition) is 0. The van der Waals surface area contributed by atoms with Gasteiger partial charge in [-0.25, -0.2) is 0 Å². The monoisotopic (exact) mass is 106 g/mol. The Kier molecular flexibility index (Phi) is 31.0. The van der Waals surface area contributed by atoms with E-state index in [2.05, 4.69) is 20.4 Å². The molecule has 0 aliphatic heterocycles. The summed E-state index contributed by atoms with van der Waals surface area (Å²) in [5.74, 6) is 0. The number of halogens is 1. The van der Waals surface area contributed by atoms with Crippen molar-refractivity contribution in [1.82, 2.24) is 0 Å². The van der Waals surface area contributed by atoms with Crippen LogP contribution in [-0.4, -0.2) is 0 Å². The number of hydrogen-bond donors (Lipinski definition) is 0. The summed E-state index contributed by atoms with van der Waals surface area (Å²) in [6.45, 7) is 7.38. The van der Waals surface area contributed by atoms with Gasteiger partial charge in [0.05, 0.1) is 0 Å². The largest absolute Gasteiger partial charge is 0.0936 e. The quantitative estimate of drug-likeness (QED) is 0.446. The molecule has 1 heteroatoms. The molecule has 0 N–H and O–H groups in total. The topological polar surface area (TPSA) is 0 Å². The Bertz CT molecular complexity index is 17.9. The Morgan fingerprint density at radius 3 is 1.67 bits per heavy atom. The SMILES string of the molecule is C=CCl.CCC. The Morgan fingerprint density at radius 2 is 1.67 bits per heavy atom. The molecular weight excluding hydrogens is 95.5 g/mol. The molecular formula is C5H11Cl. The molecule has 0 atom stereocenters. The van der Waals surface area contributed by atoms with Crippen LogP contribution in [0.5, 0.6) is 0 Å². The third-order valence-corrected chi connectivity index (χ3v) is 0. The lowest BCUT2D eigenvalue weighted by Crippen LogP contribution is -1.27. The van der Waals surface area contributed by atoms with Crippen molar-refractivity contribution in [2.45, 2.75) is 20.3 Å². The molecule has 0 rings (SSSR count). The zero-order chi connectivity index (χ0) is 5.41. The predicted molar refractivity (Wildman–Crippen MR) is 32.0 cm³/mol. The van der Waals surface area contributed by atoms with Crippen molar-refractivity contribution >= 4 is 11.6 Å². The molecule has 0 aliphatic rings. The summed E-state index contributed by atoms with van der Waals surface area (Å²) in [6.07, 6.45) is 1.25. The van der Waals surface area contributed by atoms with E-state index < -0.39 is 0 Å². The van der Waals surface area contributed by atoms with E-state index in [0.29, 0.717) is 0 Å². The Hall–Kier alpha value is 0.0300. The molecule has 0 saturated heterocycles. The molecule has 38 valence electrons. The van der Waals surface area contributed by atoms with Crippen LogP contribution in [0.2, 0.25) is 0 Å². The lowest BCUT2D eigenvalue weighted by atomic mass is 10.6. The summed E-state index contributed by atoms with van der Waals surface area (Å²) in [7, 11) is 0. The van der Waals surface area contributed by atoms with Crippen LogP contribution in [0.1, 0.15) is 20.3 Å². The van der Waals surface area contributed by atoms with Crippen molar-refractivity contribution in [3.05, 3.63) is 12.1 Å². The first-order valence-electron chi connectivity index (χ1n) is 2.04. The van der Waals surface area contributed by atoms with Gasteiger partial charge in [-0.3, -0.25) is 0 Å². The average molecular weight is 107 g/mol. The second-order valence-electron chi connectivity index (χ2n) is 0.861. The van der Waals surface area contributed by atoms with Crippen molar-refractivity contribution in [1.29, 1.82) is 0 Å². The molecule has 0 spiro atoms. The van der Waals surface area contributed by atoms with Crippen molar-refractivity contribution in [3.63, 3.8) is 0 Å². The van der Waals surface area contributed by atoms with Gasteiger partial charge in [0.1, 0.15) is 0 Å². The lowest BCUT2D eigenvalue weighted by molar-refractivity contribution is 1.09. The maximum Gasteiger partial charge on any atom is -0.00296 e. The highest BCUT2D eigenvalue weighted by Crippen LogP contribution is 1.60. The molecule has 0 nitrogen and oxygen atoms in total. The van der Waals surface area contributed by atoms with Gasteiger partial charge in [0.15, 0.2) is 0 Å². The predicted octanol–water partition coefficient (Wildman–Crippen LogP) is 2.79. The summed E-state index contributed by atoms with van der Waals surface area (Å²) in [4.78, 5) is 0. The minimum absolute atomic E-state index is 1.22. The molecule has 0 aromatic rings. The van der Waals surface area contributed by atoms with Gasteiger partial charge in [0.25, 0.3) is 0 Å². The van der Waals surface area contributed by atoms with Crippen molar-refractivity contribution in [3.8, 4) is 0 Å². The second kappa shape index (κ2) is 19.8. The molecule has 0 aliphatic carbocycles. The highest BCUT2D eigenvalue weighted by molar-refractivity contribution is 6.25. The summed E-state index contributed by atoms with van der Waals surface area (Å²) in [6, 6.07) is 0. The third kappa shape index (κ3) is 41100. The molecule has 0 bridgehead atoms. The smallest absolute Gasteiger partial charge is 0.00296 e. The Morgan fingerprint density at radius 1 is 1.67 bits per heavy atom. The molecule has 0 aromatic carbocycles. The fraction of sp³-hybridized carbons (Fsp3) is 0.600. The fourth-order valence-corrected chi connectivity index (χ4v) is 0. The van der Waals surface area contributed by atoms with Gasteiger partial charge < -0.3 is 0 Å². The average Bonchev–Trinajstić information content (AvgIpc) is 1.39. The van der Waals surface area contributed by atoms with E-state index in [1.807, 2.05) is 0 Å². The van der Waals surface area contributed by atoms with Gasteiger partial charge in [0.2, 0.25) is 0 Å². The summed E-state index contributed by atoms with van der Waals surface area (Å²) in [5, 5.41) is 0. The molecule has 0 radical (unpaired) electrons. The van der Waals surface area contributed by atoms with E-state index in [0.717, 1.165) is 0 Å². The van der Waals surface area contributed by atoms with Crippen molar-refractivity contribution in [2.75, 3.05) is 0 Å². The van der Waals surface area contributed by atoms with Crippen LogP contribution in [0.3, 0.4) is 0 Å². The molecule has 0 unspecified atom stereocenters. The first-order chi connectivity index (χ1) is 2.83. The van der Waals surface area contributed by atoms with E-state index in [1.165, 1.54) is 12.0 Å².